The minimum absolute atomic E-state index is 0.114. The van der Waals surface area contributed by atoms with E-state index in [1.165, 1.54) is 6.92 Å². The Balaban J connectivity index is 4.37. The fourth-order valence-corrected chi connectivity index (χ4v) is 0.679. The Morgan fingerprint density at radius 3 is 2.00 bits per heavy atom. The maximum absolute atomic E-state index is 10.2. The number of hydrogen-bond donors (Lipinski definition) is 4. The van der Waals surface area contributed by atoms with E-state index in [1.807, 2.05) is 0 Å². The van der Waals surface area contributed by atoms with Gasteiger partial charge in [0.2, 0.25) is 0 Å². The quantitative estimate of drug-likeness (QED) is 0.375. The first-order valence-corrected chi connectivity index (χ1v) is 3.56. The van der Waals surface area contributed by atoms with Gasteiger partial charge in [0.25, 0.3) is 0 Å². The number of aldehydes is 1. The van der Waals surface area contributed by atoms with Crippen LogP contribution in [0.3, 0.4) is 0 Å². The third kappa shape index (κ3) is 2.53. The molecule has 0 aromatic rings. The molecule has 0 bridgehead atoms. The zero-order chi connectivity index (χ0) is 9.94. The Kier molecular flexibility index (Phi) is 3.79. The lowest BCUT2D eigenvalue weighted by atomic mass is 9.94. The van der Waals surface area contributed by atoms with E-state index in [9.17, 15) is 4.79 Å². The molecule has 0 radical (unpaired) electrons. The van der Waals surface area contributed by atoms with Crippen molar-refractivity contribution in [2.24, 2.45) is 0 Å². The number of aliphatic hydroxyl groups is 4. The van der Waals surface area contributed by atoms with Gasteiger partial charge in [0, 0.05) is 0 Å². The Morgan fingerprint density at radius 1 is 1.33 bits per heavy atom. The average Bonchev–Trinajstić information content (AvgIpc) is 2.01. The average molecular weight is 178 g/mol. The summed E-state index contributed by atoms with van der Waals surface area (Å²) in [6, 6.07) is 0. The first-order valence-electron chi connectivity index (χ1n) is 3.56. The molecule has 0 spiro atoms. The molecule has 0 fully saturated rings. The monoisotopic (exact) mass is 178 g/mol. The molecular weight excluding hydrogens is 164 g/mol. The lowest BCUT2D eigenvalue weighted by molar-refractivity contribution is -0.155. The minimum Gasteiger partial charge on any atom is -0.391 e. The van der Waals surface area contributed by atoms with E-state index in [2.05, 4.69) is 0 Å². The van der Waals surface area contributed by atoms with Gasteiger partial charge in [-0.25, -0.2) is 0 Å². The fourth-order valence-electron chi connectivity index (χ4n) is 0.679. The fraction of sp³-hybridized carbons (Fsp3) is 0.857. The van der Waals surface area contributed by atoms with Gasteiger partial charge in [0.1, 0.15) is 17.8 Å². The van der Waals surface area contributed by atoms with Crippen LogP contribution in [0.2, 0.25) is 0 Å². The molecule has 72 valence electrons. The largest absolute Gasteiger partial charge is 0.391 e. The number of rotatable bonds is 4. The lowest BCUT2D eigenvalue weighted by Gasteiger charge is -2.28. The second-order valence-electron chi connectivity index (χ2n) is 3.02. The number of aliphatic hydroxyl groups excluding tert-OH is 3. The van der Waals surface area contributed by atoms with Gasteiger partial charge in [-0.1, -0.05) is 0 Å². The second kappa shape index (κ2) is 3.95. The Morgan fingerprint density at radius 2 is 1.75 bits per heavy atom. The van der Waals surface area contributed by atoms with Gasteiger partial charge in [-0.15, -0.1) is 0 Å². The zero-order valence-electron chi connectivity index (χ0n) is 7.01. The molecule has 0 rings (SSSR count). The van der Waals surface area contributed by atoms with E-state index >= 15 is 0 Å². The van der Waals surface area contributed by atoms with Crippen molar-refractivity contribution in [3.63, 3.8) is 0 Å². The molecule has 0 unspecified atom stereocenters. The van der Waals surface area contributed by atoms with Crippen LogP contribution in [-0.2, 0) is 4.79 Å². The molecule has 4 N–H and O–H groups in total. The second-order valence-corrected chi connectivity index (χ2v) is 3.02. The molecule has 12 heavy (non-hydrogen) atoms. The normalized spacial score (nSPS) is 23.8. The summed E-state index contributed by atoms with van der Waals surface area (Å²) < 4.78 is 0. The van der Waals surface area contributed by atoms with Crippen LogP contribution in [0.25, 0.3) is 0 Å². The number of carbonyl (C=O) groups excluding carboxylic acids is 1. The molecule has 0 amide bonds. The summed E-state index contributed by atoms with van der Waals surface area (Å²) in [5, 5.41) is 36.1. The van der Waals surface area contributed by atoms with Gasteiger partial charge in [0.15, 0.2) is 6.29 Å². The molecule has 0 heterocycles. The summed E-state index contributed by atoms with van der Waals surface area (Å²) in [5.41, 5.74) is -2.03. The Hall–Kier alpha value is -0.490. The standard InChI is InChI=1S/C7H14O5/c1-4(9)5(10)6(11)7(2,12)3-8/h3-6,9-12H,1-2H3/t4-,5-,6+,7-/m1/s1. The maximum atomic E-state index is 10.2. The summed E-state index contributed by atoms with van der Waals surface area (Å²) in [6.07, 6.45) is -4.31. The van der Waals surface area contributed by atoms with Crippen molar-refractivity contribution in [2.45, 2.75) is 37.8 Å². The topological polar surface area (TPSA) is 98.0 Å². The lowest BCUT2D eigenvalue weighted by Crippen LogP contribution is -2.51. The highest BCUT2D eigenvalue weighted by molar-refractivity contribution is 5.62. The molecule has 0 aromatic heterocycles. The number of carbonyl (C=O) groups is 1. The van der Waals surface area contributed by atoms with Gasteiger partial charge in [0.05, 0.1) is 6.10 Å². The predicted molar refractivity (Wildman–Crippen MR) is 40.4 cm³/mol. The molecule has 5 nitrogen and oxygen atoms in total. The van der Waals surface area contributed by atoms with Crippen molar-refractivity contribution in [3.05, 3.63) is 0 Å². The van der Waals surface area contributed by atoms with Crippen LogP contribution in [0.1, 0.15) is 13.8 Å². The van der Waals surface area contributed by atoms with Crippen molar-refractivity contribution in [2.75, 3.05) is 0 Å². The highest BCUT2D eigenvalue weighted by atomic mass is 16.4. The van der Waals surface area contributed by atoms with Crippen LogP contribution in [0.4, 0.5) is 0 Å². The predicted octanol–water partition coefficient (Wildman–Crippen LogP) is -1.96. The zero-order valence-corrected chi connectivity index (χ0v) is 7.01. The van der Waals surface area contributed by atoms with Crippen molar-refractivity contribution in [3.8, 4) is 0 Å². The van der Waals surface area contributed by atoms with Crippen LogP contribution in [0.15, 0.2) is 0 Å². The third-order valence-electron chi connectivity index (χ3n) is 1.66. The Labute approximate surface area is 70.3 Å². The van der Waals surface area contributed by atoms with E-state index in [0.29, 0.717) is 0 Å². The van der Waals surface area contributed by atoms with Crippen LogP contribution in [-0.4, -0.2) is 50.6 Å². The van der Waals surface area contributed by atoms with Gasteiger partial charge in [-0.2, -0.15) is 0 Å². The molecule has 0 aliphatic heterocycles. The summed E-state index contributed by atoms with van der Waals surface area (Å²) in [6.45, 7) is 2.30. The van der Waals surface area contributed by atoms with E-state index in [4.69, 9.17) is 20.4 Å². The molecule has 0 aliphatic carbocycles. The van der Waals surface area contributed by atoms with Crippen LogP contribution < -0.4 is 0 Å². The molecular formula is C7H14O5. The molecule has 0 aromatic carbocycles. The van der Waals surface area contributed by atoms with E-state index in [1.54, 1.807) is 0 Å². The molecule has 0 saturated heterocycles. The smallest absolute Gasteiger partial charge is 0.154 e. The van der Waals surface area contributed by atoms with Crippen LogP contribution in [0, 0.1) is 0 Å². The number of hydrogen-bond acceptors (Lipinski definition) is 5. The summed E-state index contributed by atoms with van der Waals surface area (Å²) in [7, 11) is 0. The van der Waals surface area contributed by atoms with Gasteiger partial charge in [-0.05, 0) is 13.8 Å². The highest BCUT2D eigenvalue weighted by Crippen LogP contribution is 2.12. The molecule has 0 saturated carbocycles. The molecule has 0 aliphatic rings. The summed E-state index contributed by atoms with van der Waals surface area (Å²) in [4.78, 5) is 10.2. The van der Waals surface area contributed by atoms with Crippen LogP contribution >= 0.6 is 0 Å². The van der Waals surface area contributed by atoms with Gasteiger partial charge < -0.3 is 25.2 Å². The minimum atomic E-state index is -2.03. The first-order chi connectivity index (χ1) is 5.33. The highest BCUT2D eigenvalue weighted by Gasteiger charge is 2.37. The van der Waals surface area contributed by atoms with E-state index in [-0.39, 0.29) is 6.29 Å². The van der Waals surface area contributed by atoms with E-state index < -0.39 is 23.9 Å². The van der Waals surface area contributed by atoms with Gasteiger partial charge in [-0.3, -0.25) is 0 Å². The third-order valence-corrected chi connectivity index (χ3v) is 1.66. The van der Waals surface area contributed by atoms with Crippen LogP contribution in [0.5, 0.6) is 0 Å². The summed E-state index contributed by atoms with van der Waals surface area (Å²) in [5.74, 6) is 0. The van der Waals surface area contributed by atoms with Gasteiger partial charge >= 0.3 is 0 Å². The summed E-state index contributed by atoms with van der Waals surface area (Å²) >= 11 is 0. The SMILES string of the molecule is C[C@@H](O)[C@@H](O)[C@H](O)[C@](C)(O)C=O. The Bertz CT molecular complexity index is 154. The first kappa shape index (κ1) is 11.5. The van der Waals surface area contributed by atoms with Crippen molar-refractivity contribution in [1.29, 1.82) is 0 Å². The van der Waals surface area contributed by atoms with Crippen molar-refractivity contribution in [1.82, 2.24) is 0 Å². The van der Waals surface area contributed by atoms with Crippen molar-refractivity contribution < 1.29 is 25.2 Å². The van der Waals surface area contributed by atoms with E-state index in [0.717, 1.165) is 6.92 Å². The van der Waals surface area contributed by atoms with Crippen molar-refractivity contribution >= 4 is 6.29 Å². The molecule has 4 atom stereocenters. The maximum Gasteiger partial charge on any atom is 0.154 e. The molecule has 5 heteroatoms.